The Kier molecular flexibility index (Phi) is 4.67. The van der Waals surface area contributed by atoms with Crippen LogP contribution in [0.4, 0.5) is 17.3 Å². The minimum absolute atomic E-state index is 0.0379. The molecule has 0 bridgehead atoms. The first-order valence-electron chi connectivity index (χ1n) is 5.13. The Balaban J connectivity index is 3.08. The van der Waals surface area contributed by atoms with Gasteiger partial charge < -0.3 is 16.1 Å². The molecule has 0 saturated carbocycles. The van der Waals surface area contributed by atoms with Crippen LogP contribution in [0, 0.1) is 22.7 Å². The third-order valence-corrected chi connectivity index (χ3v) is 2.02. The molecule has 0 unspecified atom stereocenters. The van der Waals surface area contributed by atoms with Gasteiger partial charge in [-0.2, -0.15) is 10.5 Å². The summed E-state index contributed by atoms with van der Waals surface area (Å²) in [5.74, 6) is 0.809. The molecule has 1 aromatic heterocycles. The summed E-state index contributed by atoms with van der Waals surface area (Å²) in [4.78, 5) is 9.50. The molecule has 0 spiro atoms. The number of anilines is 3. The molecule has 1 heterocycles. The number of aromatic nitrogens is 2. The van der Waals surface area contributed by atoms with Gasteiger partial charge in [0.2, 0.25) is 0 Å². The highest BCUT2D eigenvalue weighted by Crippen LogP contribution is 2.25. The van der Waals surface area contributed by atoms with Crippen LogP contribution in [0.15, 0.2) is 6.33 Å². The molecule has 0 aliphatic carbocycles. The van der Waals surface area contributed by atoms with Crippen LogP contribution in [-0.2, 0) is 0 Å². The predicted molar refractivity (Wildman–Crippen MR) is 67.2 cm³/mol. The van der Waals surface area contributed by atoms with E-state index in [0.29, 0.717) is 17.3 Å². The second-order valence-corrected chi connectivity index (χ2v) is 3.64. The van der Waals surface area contributed by atoms with E-state index in [1.807, 2.05) is 12.1 Å². The van der Waals surface area contributed by atoms with Gasteiger partial charge in [0.1, 0.15) is 25.1 Å². The van der Waals surface area contributed by atoms with Crippen molar-refractivity contribution in [3.8, 4) is 12.1 Å². The fourth-order valence-electron chi connectivity index (χ4n) is 1.32. The molecule has 0 atom stereocenters. The van der Waals surface area contributed by atoms with Gasteiger partial charge in [-0.1, -0.05) is 0 Å². The minimum atomic E-state index is 0.0379. The molecule has 0 aliphatic rings. The Morgan fingerprint density at radius 2 is 1.89 bits per heavy atom. The van der Waals surface area contributed by atoms with Crippen molar-refractivity contribution in [2.45, 2.75) is 0 Å². The van der Waals surface area contributed by atoms with Gasteiger partial charge in [0, 0.05) is 14.1 Å². The van der Waals surface area contributed by atoms with Crippen LogP contribution < -0.4 is 16.1 Å². The van der Waals surface area contributed by atoms with Crippen molar-refractivity contribution in [3.05, 3.63) is 6.33 Å². The van der Waals surface area contributed by atoms with Crippen LogP contribution in [0.1, 0.15) is 0 Å². The molecular weight excluding hydrogens is 232 g/mol. The maximum absolute atomic E-state index is 8.72. The Morgan fingerprint density at radius 1 is 1.28 bits per heavy atom. The van der Waals surface area contributed by atoms with Crippen LogP contribution in [0.5, 0.6) is 0 Å². The summed E-state index contributed by atoms with van der Waals surface area (Å²) in [6.07, 6.45) is 1.33. The zero-order valence-electron chi connectivity index (χ0n) is 10.3. The van der Waals surface area contributed by atoms with Crippen LogP contribution >= 0.6 is 0 Å². The van der Waals surface area contributed by atoms with Crippen molar-refractivity contribution in [2.75, 3.05) is 43.2 Å². The highest BCUT2D eigenvalue weighted by molar-refractivity contribution is 5.74. The molecule has 0 aromatic carbocycles. The predicted octanol–water partition coefficient (Wildman–Crippen LogP) is -0.199. The molecule has 0 saturated heterocycles. The van der Waals surface area contributed by atoms with Crippen molar-refractivity contribution < 1.29 is 0 Å². The van der Waals surface area contributed by atoms with Crippen molar-refractivity contribution >= 4 is 17.3 Å². The Bertz CT molecular complexity index is 468. The van der Waals surface area contributed by atoms with E-state index in [4.69, 9.17) is 16.3 Å². The maximum atomic E-state index is 8.72. The van der Waals surface area contributed by atoms with Crippen LogP contribution in [-0.4, -0.2) is 42.2 Å². The smallest absolute Gasteiger partial charge is 0.169 e. The van der Waals surface area contributed by atoms with E-state index in [9.17, 15) is 0 Å². The van der Waals surface area contributed by atoms with E-state index in [1.54, 1.807) is 19.1 Å². The molecule has 18 heavy (non-hydrogen) atoms. The van der Waals surface area contributed by atoms with Gasteiger partial charge in [0.05, 0.1) is 12.1 Å². The highest BCUT2D eigenvalue weighted by atomic mass is 15.5. The van der Waals surface area contributed by atoms with E-state index >= 15 is 0 Å². The van der Waals surface area contributed by atoms with Crippen LogP contribution in [0.3, 0.4) is 0 Å². The van der Waals surface area contributed by atoms with E-state index < -0.39 is 0 Å². The molecule has 0 amide bonds. The maximum Gasteiger partial charge on any atom is 0.169 e. The number of nitrogens with zero attached hydrogens (tertiary/aromatic N) is 6. The molecule has 1 rings (SSSR count). The zero-order chi connectivity index (χ0) is 13.5. The molecule has 8 nitrogen and oxygen atoms in total. The Labute approximate surface area is 105 Å². The molecule has 0 radical (unpaired) electrons. The van der Waals surface area contributed by atoms with E-state index in [2.05, 4.69) is 15.4 Å². The van der Waals surface area contributed by atoms with Crippen molar-refractivity contribution in [1.82, 2.24) is 15.0 Å². The quantitative estimate of drug-likeness (QED) is 0.541. The van der Waals surface area contributed by atoms with Crippen molar-refractivity contribution in [3.63, 3.8) is 0 Å². The van der Waals surface area contributed by atoms with Gasteiger partial charge >= 0.3 is 0 Å². The lowest BCUT2D eigenvalue weighted by Crippen LogP contribution is -2.27. The average molecular weight is 246 g/mol. The molecular formula is C10H14N8. The van der Waals surface area contributed by atoms with Gasteiger partial charge in [-0.3, -0.25) is 0 Å². The summed E-state index contributed by atoms with van der Waals surface area (Å²) in [5, 5.41) is 19.1. The highest BCUT2D eigenvalue weighted by Gasteiger charge is 2.14. The number of nitrogen functional groups attached to an aromatic ring is 1. The normalized spacial score (nSPS) is 9.61. The Hall–Kier alpha value is -2.58. The standard InChI is InChI=1S/C10H14N8/c1-17(2)16-9-8(13)10(15-7-14-9)18(5-3-11)6-4-12/h7H,5-6,13H2,1-2H3,(H,14,15,16). The summed E-state index contributed by atoms with van der Waals surface area (Å²) < 4.78 is 0. The first-order chi connectivity index (χ1) is 8.60. The Morgan fingerprint density at radius 3 is 2.39 bits per heavy atom. The fourth-order valence-corrected chi connectivity index (χ4v) is 1.32. The summed E-state index contributed by atoms with van der Waals surface area (Å²) >= 11 is 0. The lowest BCUT2D eigenvalue weighted by Gasteiger charge is -2.21. The summed E-state index contributed by atoms with van der Waals surface area (Å²) in [5.41, 5.74) is 9.14. The SMILES string of the molecule is CN(C)Nc1ncnc(N(CC#N)CC#N)c1N. The van der Waals surface area contributed by atoms with Gasteiger partial charge in [0.25, 0.3) is 0 Å². The number of nitrogens with two attached hydrogens (primary N) is 1. The second kappa shape index (κ2) is 6.23. The minimum Gasteiger partial charge on any atom is -0.393 e. The van der Waals surface area contributed by atoms with Gasteiger partial charge in [-0.05, 0) is 0 Å². The lowest BCUT2D eigenvalue weighted by molar-refractivity contribution is 0.492. The number of nitrogens with one attached hydrogen (secondary N) is 1. The van der Waals surface area contributed by atoms with Crippen molar-refractivity contribution in [1.29, 1.82) is 10.5 Å². The first kappa shape index (κ1) is 13.5. The summed E-state index contributed by atoms with van der Waals surface area (Å²) in [7, 11) is 3.59. The lowest BCUT2D eigenvalue weighted by atomic mass is 10.4. The number of hydrogen-bond acceptors (Lipinski definition) is 8. The van der Waals surface area contributed by atoms with Crippen LogP contribution in [0.25, 0.3) is 0 Å². The first-order valence-corrected chi connectivity index (χ1v) is 5.13. The molecule has 1 aromatic rings. The van der Waals surface area contributed by atoms with Gasteiger partial charge in [-0.15, -0.1) is 0 Å². The molecule has 0 aliphatic heterocycles. The third-order valence-electron chi connectivity index (χ3n) is 2.02. The molecule has 3 N–H and O–H groups in total. The topological polar surface area (TPSA) is 118 Å². The van der Waals surface area contributed by atoms with E-state index in [-0.39, 0.29) is 13.1 Å². The number of hydrazine groups is 1. The van der Waals surface area contributed by atoms with Crippen LogP contribution in [0.2, 0.25) is 0 Å². The van der Waals surface area contributed by atoms with E-state index in [0.717, 1.165) is 0 Å². The number of nitriles is 2. The van der Waals surface area contributed by atoms with Gasteiger partial charge in [-0.25, -0.2) is 15.0 Å². The number of hydrogen-bond donors (Lipinski definition) is 2. The molecule has 94 valence electrons. The number of rotatable bonds is 5. The fraction of sp³-hybridized carbons (Fsp3) is 0.400. The second-order valence-electron chi connectivity index (χ2n) is 3.64. The molecule has 8 heteroatoms. The van der Waals surface area contributed by atoms with Gasteiger partial charge in [0.15, 0.2) is 11.6 Å². The monoisotopic (exact) mass is 246 g/mol. The summed E-state index contributed by atoms with van der Waals surface area (Å²) in [6.45, 7) is 0.0757. The van der Waals surface area contributed by atoms with E-state index in [1.165, 1.54) is 11.2 Å². The zero-order valence-corrected chi connectivity index (χ0v) is 10.3. The average Bonchev–Trinajstić information content (AvgIpc) is 2.31. The third kappa shape index (κ3) is 3.20. The largest absolute Gasteiger partial charge is 0.393 e. The molecule has 0 fully saturated rings. The van der Waals surface area contributed by atoms with Crippen molar-refractivity contribution in [2.24, 2.45) is 0 Å². The summed E-state index contributed by atoms with van der Waals surface area (Å²) in [6, 6.07) is 3.93.